The van der Waals surface area contributed by atoms with Crippen LogP contribution in [-0.2, 0) is 24.3 Å². The molecule has 0 unspecified atom stereocenters. The lowest BCUT2D eigenvalue weighted by Crippen LogP contribution is -2.18. The Bertz CT molecular complexity index is 1140. The highest BCUT2D eigenvalue weighted by atomic mass is 19.1. The predicted octanol–water partition coefficient (Wildman–Crippen LogP) is 3.69. The molecule has 0 saturated carbocycles. The maximum absolute atomic E-state index is 14.2. The zero-order valence-corrected chi connectivity index (χ0v) is 17.6. The van der Waals surface area contributed by atoms with Gasteiger partial charge < -0.3 is 19.7 Å². The first-order valence-corrected chi connectivity index (χ1v) is 9.80. The van der Waals surface area contributed by atoms with Crippen LogP contribution in [0.15, 0.2) is 42.6 Å². The van der Waals surface area contributed by atoms with Crippen molar-refractivity contribution in [2.45, 2.75) is 19.6 Å². The van der Waals surface area contributed by atoms with Gasteiger partial charge in [0, 0.05) is 38.2 Å². The van der Waals surface area contributed by atoms with Crippen LogP contribution >= 0.6 is 0 Å². The summed E-state index contributed by atoms with van der Waals surface area (Å²) in [6.07, 6.45) is 2.23. The number of ether oxygens (including phenoxy) is 2. The number of para-hydroxylation sites is 1. The lowest BCUT2D eigenvalue weighted by atomic mass is 10.1. The Balaban J connectivity index is 1.73. The van der Waals surface area contributed by atoms with Gasteiger partial charge in [0.05, 0.1) is 42.9 Å². The molecular weight excluding hydrogens is 399 g/mol. The summed E-state index contributed by atoms with van der Waals surface area (Å²) in [6, 6.07) is 10.3. The molecule has 8 heteroatoms. The third-order valence-corrected chi connectivity index (χ3v) is 5.09. The number of fused-ring (bicyclic) bond motifs is 1. The number of methoxy groups -OCH3 is 2. The molecular formula is C23H23FN4O3. The van der Waals surface area contributed by atoms with Crippen LogP contribution < -0.4 is 10.1 Å². The fourth-order valence-electron chi connectivity index (χ4n) is 3.71. The SMILES string of the molecule is COCc1ccnc(Cc2cc(Nc3cccc(F)c3OC)c3c(n2)CN(C)C3=O)c1. The number of halogens is 1. The van der Waals surface area contributed by atoms with Crippen molar-refractivity contribution in [3.05, 3.63) is 76.6 Å². The monoisotopic (exact) mass is 422 g/mol. The quantitative estimate of drug-likeness (QED) is 0.626. The van der Waals surface area contributed by atoms with E-state index in [-0.39, 0.29) is 11.7 Å². The Morgan fingerprint density at radius 3 is 2.77 bits per heavy atom. The maximum atomic E-state index is 14.2. The molecule has 2 aromatic heterocycles. The normalized spacial score (nSPS) is 12.8. The fraction of sp³-hybridized carbons (Fsp3) is 0.261. The molecule has 0 spiro atoms. The smallest absolute Gasteiger partial charge is 0.257 e. The lowest BCUT2D eigenvalue weighted by molar-refractivity contribution is 0.0817. The van der Waals surface area contributed by atoms with Crippen LogP contribution in [0.3, 0.4) is 0 Å². The zero-order chi connectivity index (χ0) is 22.0. The van der Waals surface area contributed by atoms with Crippen molar-refractivity contribution in [2.24, 2.45) is 0 Å². The highest BCUT2D eigenvalue weighted by molar-refractivity contribution is 6.03. The van der Waals surface area contributed by atoms with Crippen LogP contribution in [0.4, 0.5) is 15.8 Å². The third-order valence-electron chi connectivity index (χ3n) is 5.09. The number of carbonyl (C=O) groups is 1. The van der Waals surface area contributed by atoms with Crippen LogP contribution in [0.1, 0.15) is 33.0 Å². The zero-order valence-electron chi connectivity index (χ0n) is 17.6. The van der Waals surface area contributed by atoms with E-state index < -0.39 is 5.82 Å². The van der Waals surface area contributed by atoms with Crippen molar-refractivity contribution in [1.29, 1.82) is 0 Å². The minimum Gasteiger partial charge on any atom is -0.492 e. The van der Waals surface area contributed by atoms with Crippen molar-refractivity contribution in [3.8, 4) is 5.75 Å². The van der Waals surface area contributed by atoms with Crippen molar-refractivity contribution >= 4 is 17.3 Å². The van der Waals surface area contributed by atoms with Gasteiger partial charge in [-0.2, -0.15) is 0 Å². The molecule has 1 amide bonds. The summed E-state index contributed by atoms with van der Waals surface area (Å²) < 4.78 is 24.6. The van der Waals surface area contributed by atoms with Crippen LogP contribution in [0.2, 0.25) is 0 Å². The predicted molar refractivity (Wildman–Crippen MR) is 114 cm³/mol. The van der Waals surface area contributed by atoms with E-state index in [1.165, 1.54) is 13.2 Å². The van der Waals surface area contributed by atoms with Gasteiger partial charge in [-0.1, -0.05) is 6.07 Å². The first-order valence-electron chi connectivity index (χ1n) is 9.80. The van der Waals surface area contributed by atoms with Gasteiger partial charge in [0.1, 0.15) is 0 Å². The van der Waals surface area contributed by atoms with Crippen molar-refractivity contribution in [2.75, 3.05) is 26.6 Å². The number of hydrogen-bond acceptors (Lipinski definition) is 6. The molecule has 3 heterocycles. The maximum Gasteiger partial charge on any atom is 0.257 e. The summed E-state index contributed by atoms with van der Waals surface area (Å²) in [7, 11) is 4.78. The Labute approximate surface area is 179 Å². The molecule has 7 nitrogen and oxygen atoms in total. The number of nitrogens with one attached hydrogen (secondary N) is 1. The minimum atomic E-state index is -0.485. The standard InChI is InChI=1S/C23H23FN4O3/c1-28-12-20-21(23(28)29)19(27-18-6-4-5-17(24)22(18)31-3)11-16(26-20)10-15-9-14(13-30-2)7-8-25-15/h4-9,11H,10,12-13H2,1-3H3,(H,26,27). The molecule has 1 aliphatic rings. The summed E-state index contributed by atoms with van der Waals surface area (Å²) in [5.74, 6) is -0.532. The second-order valence-electron chi connectivity index (χ2n) is 7.35. The first kappa shape index (κ1) is 20.7. The van der Waals surface area contributed by atoms with Crippen LogP contribution in [-0.4, -0.2) is 42.0 Å². The van der Waals surface area contributed by atoms with E-state index in [4.69, 9.17) is 14.5 Å². The van der Waals surface area contributed by atoms with Gasteiger partial charge >= 0.3 is 0 Å². The Morgan fingerprint density at radius 1 is 1.16 bits per heavy atom. The Morgan fingerprint density at radius 2 is 2.00 bits per heavy atom. The van der Waals surface area contributed by atoms with Gasteiger partial charge in [-0.15, -0.1) is 0 Å². The van der Waals surface area contributed by atoms with E-state index in [0.717, 1.165) is 17.0 Å². The van der Waals surface area contributed by atoms with Gasteiger partial charge in [-0.25, -0.2) is 4.39 Å². The van der Waals surface area contributed by atoms with Crippen molar-refractivity contribution in [1.82, 2.24) is 14.9 Å². The topological polar surface area (TPSA) is 76.6 Å². The fourth-order valence-corrected chi connectivity index (χ4v) is 3.71. The summed E-state index contributed by atoms with van der Waals surface area (Å²) in [5, 5.41) is 3.18. The summed E-state index contributed by atoms with van der Waals surface area (Å²) in [5.41, 5.74) is 4.77. The Kier molecular flexibility index (Phi) is 5.81. The largest absolute Gasteiger partial charge is 0.492 e. The van der Waals surface area contributed by atoms with E-state index in [0.29, 0.717) is 42.2 Å². The van der Waals surface area contributed by atoms with Gasteiger partial charge in [0.2, 0.25) is 0 Å². The molecule has 0 aliphatic carbocycles. The average molecular weight is 422 g/mol. The first-order chi connectivity index (χ1) is 15.0. The summed E-state index contributed by atoms with van der Waals surface area (Å²) in [6.45, 7) is 0.909. The van der Waals surface area contributed by atoms with Crippen LogP contribution in [0.25, 0.3) is 0 Å². The number of anilines is 2. The Hall–Kier alpha value is -3.52. The molecule has 4 rings (SSSR count). The van der Waals surface area contributed by atoms with E-state index in [2.05, 4.69) is 10.3 Å². The molecule has 0 bridgehead atoms. The van der Waals surface area contributed by atoms with Gasteiger partial charge in [0.25, 0.3) is 5.91 Å². The van der Waals surface area contributed by atoms with E-state index >= 15 is 0 Å². The number of aromatic nitrogens is 2. The molecule has 1 aliphatic heterocycles. The molecule has 1 aromatic carbocycles. The highest BCUT2D eigenvalue weighted by Gasteiger charge is 2.30. The number of carbonyl (C=O) groups excluding carboxylic acids is 1. The van der Waals surface area contributed by atoms with Crippen molar-refractivity contribution < 1.29 is 18.7 Å². The highest BCUT2D eigenvalue weighted by Crippen LogP contribution is 2.35. The van der Waals surface area contributed by atoms with Gasteiger partial charge in [-0.3, -0.25) is 14.8 Å². The number of pyridine rings is 2. The number of rotatable bonds is 7. The number of amides is 1. The number of benzene rings is 1. The number of hydrogen-bond donors (Lipinski definition) is 1. The van der Waals surface area contributed by atoms with E-state index in [1.807, 2.05) is 18.2 Å². The van der Waals surface area contributed by atoms with Crippen LogP contribution in [0.5, 0.6) is 5.75 Å². The molecule has 1 N–H and O–H groups in total. The molecule has 160 valence electrons. The lowest BCUT2D eigenvalue weighted by Gasteiger charge is -2.15. The third kappa shape index (κ3) is 4.20. The summed E-state index contributed by atoms with van der Waals surface area (Å²) >= 11 is 0. The summed E-state index contributed by atoms with van der Waals surface area (Å²) in [4.78, 5) is 23.5. The van der Waals surface area contributed by atoms with Crippen LogP contribution in [0, 0.1) is 5.82 Å². The molecule has 31 heavy (non-hydrogen) atoms. The van der Waals surface area contributed by atoms with Gasteiger partial charge in [-0.05, 0) is 35.9 Å². The van der Waals surface area contributed by atoms with E-state index in [9.17, 15) is 9.18 Å². The molecule has 0 saturated heterocycles. The van der Waals surface area contributed by atoms with E-state index in [1.54, 1.807) is 37.4 Å². The second-order valence-corrected chi connectivity index (χ2v) is 7.35. The number of nitrogens with zero attached hydrogens (tertiary/aromatic N) is 3. The molecule has 0 fully saturated rings. The minimum absolute atomic E-state index is 0.0855. The second kappa shape index (κ2) is 8.69. The average Bonchev–Trinajstić information content (AvgIpc) is 3.02. The van der Waals surface area contributed by atoms with Gasteiger partial charge in [0.15, 0.2) is 11.6 Å². The molecule has 0 atom stereocenters. The molecule has 3 aromatic rings. The van der Waals surface area contributed by atoms with Crippen molar-refractivity contribution in [3.63, 3.8) is 0 Å². The molecule has 0 radical (unpaired) electrons.